The zero-order chi connectivity index (χ0) is 18.5. The minimum atomic E-state index is 0.114. The number of para-hydroxylation sites is 1. The molecule has 0 saturated carbocycles. The van der Waals surface area contributed by atoms with E-state index < -0.39 is 0 Å². The lowest BCUT2D eigenvalue weighted by Gasteiger charge is -2.26. The van der Waals surface area contributed by atoms with Crippen molar-refractivity contribution in [2.45, 2.75) is 25.8 Å². The number of pyridine rings is 1. The maximum atomic E-state index is 13.0. The molecular formula is C22H25N3O2. The number of morpholine rings is 1. The maximum absolute atomic E-state index is 13.0. The number of rotatable bonds is 6. The van der Waals surface area contributed by atoms with Crippen molar-refractivity contribution >= 4 is 16.8 Å². The zero-order valence-electron chi connectivity index (χ0n) is 15.5. The van der Waals surface area contributed by atoms with Crippen LogP contribution in [0.25, 0.3) is 10.9 Å². The molecule has 0 radical (unpaired) electrons. The first-order chi connectivity index (χ1) is 13.3. The second kappa shape index (κ2) is 8.35. The average Bonchev–Trinajstić information content (AvgIpc) is 3.11. The van der Waals surface area contributed by atoms with E-state index in [4.69, 9.17) is 4.74 Å². The lowest BCUT2D eigenvalue weighted by molar-refractivity contribution is 0.0304. The Kier molecular flexibility index (Phi) is 5.49. The number of fused-ring (bicyclic) bond motifs is 1. The number of aromatic nitrogens is 2. The van der Waals surface area contributed by atoms with Crippen LogP contribution in [0.5, 0.6) is 0 Å². The quantitative estimate of drug-likeness (QED) is 0.630. The third kappa shape index (κ3) is 4.03. The average molecular weight is 363 g/mol. The van der Waals surface area contributed by atoms with Gasteiger partial charge in [-0.3, -0.25) is 9.78 Å². The standard InChI is InChI=1S/C22H25N3O2/c26-22(24-12-14-27-15-13-24)20-17-25(21-9-2-1-8-19(20)21)11-4-3-6-18-7-5-10-23-16-18/h1-2,5,7-10,16-17H,3-4,6,11-15H2. The fourth-order valence-corrected chi connectivity index (χ4v) is 3.70. The van der Waals surface area contributed by atoms with Crippen molar-refractivity contribution in [1.29, 1.82) is 0 Å². The number of carbonyl (C=O) groups is 1. The molecule has 0 aliphatic carbocycles. The van der Waals surface area contributed by atoms with Crippen LogP contribution in [0.2, 0.25) is 0 Å². The van der Waals surface area contributed by atoms with Crippen LogP contribution < -0.4 is 0 Å². The van der Waals surface area contributed by atoms with E-state index in [1.54, 1.807) is 0 Å². The van der Waals surface area contributed by atoms with Crippen LogP contribution in [-0.2, 0) is 17.7 Å². The van der Waals surface area contributed by atoms with Gasteiger partial charge in [0.25, 0.3) is 5.91 Å². The first kappa shape index (κ1) is 17.7. The Morgan fingerprint density at radius 2 is 1.93 bits per heavy atom. The molecule has 0 bridgehead atoms. The highest BCUT2D eigenvalue weighted by atomic mass is 16.5. The summed E-state index contributed by atoms with van der Waals surface area (Å²) < 4.78 is 7.61. The predicted molar refractivity (Wildman–Crippen MR) is 106 cm³/mol. The van der Waals surface area contributed by atoms with Crippen LogP contribution in [0.1, 0.15) is 28.8 Å². The van der Waals surface area contributed by atoms with Crippen molar-refractivity contribution < 1.29 is 9.53 Å². The minimum Gasteiger partial charge on any atom is -0.378 e. The second-order valence-corrected chi connectivity index (χ2v) is 6.98. The van der Waals surface area contributed by atoms with Gasteiger partial charge in [-0.2, -0.15) is 0 Å². The summed E-state index contributed by atoms with van der Waals surface area (Å²) in [6.45, 7) is 3.50. The molecule has 0 spiro atoms. The topological polar surface area (TPSA) is 47.4 Å². The highest BCUT2D eigenvalue weighted by molar-refractivity contribution is 6.07. The summed E-state index contributed by atoms with van der Waals surface area (Å²) in [6, 6.07) is 12.3. The fraction of sp³-hybridized carbons (Fsp3) is 0.364. The van der Waals surface area contributed by atoms with Gasteiger partial charge in [-0.1, -0.05) is 24.3 Å². The van der Waals surface area contributed by atoms with Crippen molar-refractivity contribution in [3.05, 3.63) is 66.1 Å². The number of benzene rings is 1. The van der Waals surface area contributed by atoms with E-state index >= 15 is 0 Å². The minimum absolute atomic E-state index is 0.114. The van der Waals surface area contributed by atoms with Gasteiger partial charge in [0, 0.05) is 49.1 Å². The molecule has 0 atom stereocenters. The van der Waals surface area contributed by atoms with Gasteiger partial charge in [-0.05, 0) is 37.0 Å². The number of carbonyl (C=O) groups excluding carboxylic acids is 1. The van der Waals surface area contributed by atoms with Crippen LogP contribution in [0.4, 0.5) is 0 Å². The lowest BCUT2D eigenvalue weighted by Crippen LogP contribution is -2.40. The SMILES string of the molecule is O=C(c1cn(CCCCc2cccnc2)c2ccccc12)N1CCOCC1. The van der Waals surface area contributed by atoms with Gasteiger partial charge >= 0.3 is 0 Å². The van der Waals surface area contributed by atoms with E-state index in [0.717, 1.165) is 42.3 Å². The third-order valence-corrected chi connectivity index (χ3v) is 5.15. The predicted octanol–water partition coefficient (Wildman–Crippen LogP) is 3.53. The monoisotopic (exact) mass is 363 g/mol. The number of hydrogen-bond donors (Lipinski definition) is 0. The number of unbranched alkanes of at least 4 members (excludes halogenated alkanes) is 1. The van der Waals surface area contributed by atoms with Gasteiger partial charge in [0.15, 0.2) is 0 Å². The summed E-state index contributed by atoms with van der Waals surface area (Å²) in [4.78, 5) is 19.1. The van der Waals surface area contributed by atoms with Gasteiger partial charge in [0.1, 0.15) is 0 Å². The van der Waals surface area contributed by atoms with Crippen LogP contribution in [0, 0.1) is 0 Å². The molecule has 1 saturated heterocycles. The van der Waals surface area contributed by atoms with E-state index in [0.29, 0.717) is 26.3 Å². The highest BCUT2D eigenvalue weighted by Gasteiger charge is 2.22. The van der Waals surface area contributed by atoms with Crippen molar-refractivity contribution in [3.63, 3.8) is 0 Å². The summed E-state index contributed by atoms with van der Waals surface area (Å²) in [5.74, 6) is 0.114. The Labute approximate surface area is 159 Å². The summed E-state index contributed by atoms with van der Waals surface area (Å²) in [5.41, 5.74) is 3.22. The molecule has 140 valence electrons. The molecule has 27 heavy (non-hydrogen) atoms. The lowest BCUT2D eigenvalue weighted by atomic mass is 10.1. The second-order valence-electron chi connectivity index (χ2n) is 6.98. The van der Waals surface area contributed by atoms with Crippen LogP contribution in [0.15, 0.2) is 55.0 Å². The van der Waals surface area contributed by atoms with Crippen molar-refractivity contribution in [2.75, 3.05) is 26.3 Å². The van der Waals surface area contributed by atoms with Crippen molar-refractivity contribution in [2.24, 2.45) is 0 Å². The van der Waals surface area contributed by atoms with E-state index in [1.807, 2.05) is 41.7 Å². The Morgan fingerprint density at radius 3 is 2.74 bits per heavy atom. The normalized spacial score (nSPS) is 14.6. The van der Waals surface area contributed by atoms with E-state index in [1.165, 1.54) is 5.56 Å². The van der Waals surface area contributed by atoms with Gasteiger partial charge in [-0.25, -0.2) is 0 Å². The van der Waals surface area contributed by atoms with E-state index in [9.17, 15) is 4.79 Å². The van der Waals surface area contributed by atoms with Gasteiger partial charge in [0.2, 0.25) is 0 Å². The zero-order valence-corrected chi connectivity index (χ0v) is 15.5. The molecule has 1 aliphatic heterocycles. The first-order valence-electron chi connectivity index (χ1n) is 9.67. The molecule has 5 nitrogen and oxygen atoms in total. The number of aryl methyl sites for hydroxylation is 2. The Hall–Kier alpha value is -2.66. The van der Waals surface area contributed by atoms with Crippen molar-refractivity contribution in [1.82, 2.24) is 14.5 Å². The molecule has 2 aromatic heterocycles. The van der Waals surface area contributed by atoms with Crippen LogP contribution in [-0.4, -0.2) is 46.7 Å². The molecule has 1 aliphatic rings. The highest BCUT2D eigenvalue weighted by Crippen LogP contribution is 2.24. The molecule has 3 heterocycles. The summed E-state index contributed by atoms with van der Waals surface area (Å²) in [7, 11) is 0. The molecule has 5 heteroatoms. The number of nitrogens with zero attached hydrogens (tertiary/aromatic N) is 3. The summed E-state index contributed by atoms with van der Waals surface area (Å²) >= 11 is 0. The van der Waals surface area contributed by atoms with Gasteiger partial charge in [0.05, 0.1) is 18.8 Å². The maximum Gasteiger partial charge on any atom is 0.256 e. The molecule has 1 fully saturated rings. The number of amides is 1. The molecule has 1 amide bonds. The first-order valence-corrected chi connectivity index (χ1v) is 9.67. The van der Waals surface area contributed by atoms with Crippen molar-refractivity contribution in [3.8, 4) is 0 Å². The molecule has 3 aromatic rings. The van der Waals surface area contributed by atoms with Crippen LogP contribution in [0.3, 0.4) is 0 Å². The van der Waals surface area contributed by atoms with E-state index in [2.05, 4.69) is 27.8 Å². The molecular weight excluding hydrogens is 338 g/mol. The number of hydrogen-bond acceptors (Lipinski definition) is 3. The summed E-state index contributed by atoms with van der Waals surface area (Å²) in [6.07, 6.45) is 8.98. The Morgan fingerprint density at radius 1 is 1.07 bits per heavy atom. The Balaban J connectivity index is 1.47. The van der Waals surface area contributed by atoms with Gasteiger partial charge in [-0.15, -0.1) is 0 Å². The third-order valence-electron chi connectivity index (χ3n) is 5.15. The molecule has 4 rings (SSSR count). The fourth-order valence-electron chi connectivity index (χ4n) is 3.70. The number of ether oxygens (including phenoxy) is 1. The molecule has 0 unspecified atom stereocenters. The van der Waals surface area contributed by atoms with Crippen LogP contribution >= 0.6 is 0 Å². The van der Waals surface area contributed by atoms with Gasteiger partial charge < -0.3 is 14.2 Å². The molecule has 1 aromatic carbocycles. The molecule has 0 N–H and O–H groups in total. The summed E-state index contributed by atoms with van der Waals surface area (Å²) in [5, 5.41) is 1.04. The smallest absolute Gasteiger partial charge is 0.256 e. The van der Waals surface area contributed by atoms with E-state index in [-0.39, 0.29) is 5.91 Å². The Bertz CT molecular complexity index is 898. The largest absolute Gasteiger partial charge is 0.378 e.